The monoisotopic (exact) mass is 251 g/mol. The lowest BCUT2D eigenvalue weighted by atomic mass is 10.1. The molecule has 0 aliphatic rings. The Labute approximate surface area is 110 Å². The molecule has 0 atom stereocenters. The Morgan fingerprint density at radius 2 is 1.94 bits per heavy atom. The molecule has 0 spiro atoms. The molecule has 4 heteroatoms. The third kappa shape index (κ3) is 2.88. The predicted octanol–water partition coefficient (Wildman–Crippen LogP) is 3.12. The van der Waals surface area contributed by atoms with E-state index in [1.165, 1.54) is 11.8 Å². The number of hydrogen-bond donors (Lipinski definition) is 0. The highest BCUT2D eigenvalue weighted by Crippen LogP contribution is 2.22. The van der Waals surface area contributed by atoms with Crippen molar-refractivity contribution in [2.24, 2.45) is 0 Å². The molecular weight excluding hydrogens is 242 g/mol. The molecule has 0 aliphatic carbocycles. The van der Waals surface area contributed by atoms with E-state index in [0.29, 0.717) is 16.9 Å². The molecule has 0 N–H and O–H groups in total. The van der Waals surface area contributed by atoms with Gasteiger partial charge in [0.25, 0.3) is 0 Å². The van der Waals surface area contributed by atoms with Gasteiger partial charge in [-0.05, 0) is 23.8 Å². The van der Waals surface area contributed by atoms with Gasteiger partial charge in [-0.2, -0.15) is 10.5 Å². The van der Waals surface area contributed by atoms with Crippen LogP contribution >= 0.6 is 11.8 Å². The van der Waals surface area contributed by atoms with E-state index in [9.17, 15) is 0 Å². The average molecular weight is 251 g/mol. The normalized spacial score (nSPS) is 9.44. The fourth-order valence-electron chi connectivity index (χ4n) is 1.46. The Morgan fingerprint density at radius 3 is 2.72 bits per heavy atom. The quantitative estimate of drug-likeness (QED) is 0.786. The summed E-state index contributed by atoms with van der Waals surface area (Å²) in [6.07, 6.45) is 1.62. The average Bonchev–Trinajstić information content (AvgIpc) is 2.45. The summed E-state index contributed by atoms with van der Waals surface area (Å²) in [7, 11) is 0. The van der Waals surface area contributed by atoms with Crippen LogP contribution in [-0.4, -0.2) is 4.98 Å². The number of thioether (sulfide) groups is 1. The molecule has 2 aromatic rings. The van der Waals surface area contributed by atoms with Crippen molar-refractivity contribution in [2.75, 3.05) is 0 Å². The maximum atomic E-state index is 8.98. The highest BCUT2D eigenvalue weighted by Gasteiger charge is 2.03. The minimum Gasteiger partial charge on any atom is -0.250 e. The zero-order valence-electron chi connectivity index (χ0n) is 9.50. The summed E-state index contributed by atoms with van der Waals surface area (Å²) in [5.41, 5.74) is 2.26. The van der Waals surface area contributed by atoms with Gasteiger partial charge < -0.3 is 0 Å². The third-order valence-electron chi connectivity index (χ3n) is 2.38. The van der Waals surface area contributed by atoms with E-state index in [1.54, 1.807) is 24.4 Å². The molecule has 1 aromatic carbocycles. The second-order valence-electron chi connectivity index (χ2n) is 3.55. The summed E-state index contributed by atoms with van der Waals surface area (Å²) >= 11 is 1.52. The van der Waals surface area contributed by atoms with Crippen LogP contribution in [0.15, 0.2) is 47.6 Å². The van der Waals surface area contributed by atoms with Crippen LogP contribution in [0, 0.1) is 22.7 Å². The lowest BCUT2D eigenvalue weighted by Crippen LogP contribution is -1.88. The lowest BCUT2D eigenvalue weighted by molar-refractivity contribution is 1.12. The van der Waals surface area contributed by atoms with Gasteiger partial charge in [0, 0.05) is 11.9 Å². The van der Waals surface area contributed by atoms with Gasteiger partial charge in [0.2, 0.25) is 0 Å². The molecule has 3 nitrogen and oxygen atoms in total. The van der Waals surface area contributed by atoms with Gasteiger partial charge in [-0.15, -0.1) is 11.8 Å². The number of aromatic nitrogens is 1. The van der Waals surface area contributed by atoms with Gasteiger partial charge in [0.05, 0.1) is 28.3 Å². The number of hydrogen-bond acceptors (Lipinski definition) is 4. The number of rotatable bonds is 3. The van der Waals surface area contributed by atoms with Gasteiger partial charge in [0.1, 0.15) is 0 Å². The minimum atomic E-state index is 0.598. The SMILES string of the molecule is N#Cc1ccnc(SCc2ccccc2C#N)c1. The summed E-state index contributed by atoms with van der Waals surface area (Å²) in [6.45, 7) is 0. The first-order chi connectivity index (χ1) is 8.83. The standard InChI is InChI=1S/C14H9N3S/c15-8-11-5-6-17-14(7-11)18-10-13-4-2-1-3-12(13)9-16/h1-7H,10H2. The maximum absolute atomic E-state index is 8.98. The van der Waals surface area contributed by atoms with Gasteiger partial charge in [-0.3, -0.25) is 0 Å². The smallest absolute Gasteiger partial charge is 0.0994 e. The third-order valence-corrected chi connectivity index (χ3v) is 3.35. The molecule has 0 aliphatic heterocycles. The molecule has 1 aromatic heterocycles. The van der Waals surface area contributed by atoms with Crippen molar-refractivity contribution in [3.05, 3.63) is 59.3 Å². The lowest BCUT2D eigenvalue weighted by Gasteiger charge is -2.03. The molecule has 0 saturated carbocycles. The molecule has 0 unspecified atom stereocenters. The molecule has 86 valence electrons. The van der Waals surface area contributed by atoms with E-state index >= 15 is 0 Å². The number of nitrogens with zero attached hydrogens (tertiary/aromatic N) is 3. The van der Waals surface area contributed by atoms with Crippen LogP contribution in [0.25, 0.3) is 0 Å². The maximum Gasteiger partial charge on any atom is 0.0994 e. The molecule has 18 heavy (non-hydrogen) atoms. The molecule has 0 radical (unpaired) electrons. The van der Waals surface area contributed by atoms with Crippen LogP contribution < -0.4 is 0 Å². The number of nitriles is 2. The highest BCUT2D eigenvalue weighted by molar-refractivity contribution is 7.98. The highest BCUT2D eigenvalue weighted by atomic mass is 32.2. The van der Waals surface area contributed by atoms with Crippen LogP contribution in [0.3, 0.4) is 0 Å². The zero-order valence-corrected chi connectivity index (χ0v) is 10.3. The van der Waals surface area contributed by atoms with E-state index in [0.717, 1.165) is 10.6 Å². The molecular formula is C14H9N3S. The number of benzene rings is 1. The van der Waals surface area contributed by atoms with Crippen LogP contribution in [0.2, 0.25) is 0 Å². The Kier molecular flexibility index (Phi) is 3.96. The summed E-state index contributed by atoms with van der Waals surface area (Å²) < 4.78 is 0. The molecule has 0 fully saturated rings. The van der Waals surface area contributed by atoms with Crippen molar-refractivity contribution in [3.8, 4) is 12.1 Å². The van der Waals surface area contributed by atoms with Gasteiger partial charge >= 0.3 is 0 Å². The summed E-state index contributed by atoms with van der Waals surface area (Å²) in [4.78, 5) is 4.19. The van der Waals surface area contributed by atoms with Gasteiger partial charge in [-0.25, -0.2) is 4.98 Å². The largest absolute Gasteiger partial charge is 0.250 e. The molecule has 0 bridgehead atoms. The first-order valence-electron chi connectivity index (χ1n) is 5.30. The van der Waals surface area contributed by atoms with E-state index in [1.807, 2.05) is 18.2 Å². The van der Waals surface area contributed by atoms with Crippen LogP contribution in [0.5, 0.6) is 0 Å². The molecule has 2 rings (SSSR count). The molecule has 0 saturated heterocycles. The molecule has 1 heterocycles. The van der Waals surface area contributed by atoms with Crippen molar-refractivity contribution in [1.29, 1.82) is 10.5 Å². The Morgan fingerprint density at radius 1 is 1.11 bits per heavy atom. The summed E-state index contributed by atoms with van der Waals surface area (Å²) in [6, 6.07) is 15.2. The van der Waals surface area contributed by atoms with E-state index in [2.05, 4.69) is 17.1 Å². The van der Waals surface area contributed by atoms with Gasteiger partial charge in [0.15, 0.2) is 0 Å². The van der Waals surface area contributed by atoms with Crippen molar-refractivity contribution in [3.63, 3.8) is 0 Å². The van der Waals surface area contributed by atoms with E-state index in [4.69, 9.17) is 10.5 Å². The molecule has 0 amide bonds. The number of pyridine rings is 1. The zero-order chi connectivity index (χ0) is 12.8. The summed E-state index contributed by atoms with van der Waals surface area (Å²) in [5, 5.41) is 18.6. The van der Waals surface area contributed by atoms with Crippen LogP contribution in [0.4, 0.5) is 0 Å². The minimum absolute atomic E-state index is 0.598. The van der Waals surface area contributed by atoms with E-state index < -0.39 is 0 Å². The van der Waals surface area contributed by atoms with Crippen LogP contribution in [-0.2, 0) is 5.75 Å². The predicted molar refractivity (Wildman–Crippen MR) is 69.7 cm³/mol. The van der Waals surface area contributed by atoms with Crippen molar-refractivity contribution in [1.82, 2.24) is 4.98 Å². The topological polar surface area (TPSA) is 60.5 Å². The van der Waals surface area contributed by atoms with Crippen molar-refractivity contribution >= 4 is 11.8 Å². The van der Waals surface area contributed by atoms with Crippen LogP contribution in [0.1, 0.15) is 16.7 Å². The van der Waals surface area contributed by atoms with Gasteiger partial charge in [-0.1, -0.05) is 18.2 Å². The second-order valence-corrected chi connectivity index (χ2v) is 4.55. The van der Waals surface area contributed by atoms with Crippen molar-refractivity contribution in [2.45, 2.75) is 10.8 Å². The first-order valence-corrected chi connectivity index (χ1v) is 6.29. The fourth-order valence-corrected chi connectivity index (χ4v) is 2.37. The first kappa shape index (κ1) is 12.2. The second kappa shape index (κ2) is 5.86. The fraction of sp³-hybridized carbons (Fsp3) is 0.0714. The van der Waals surface area contributed by atoms with Crippen molar-refractivity contribution < 1.29 is 0 Å². The Hall–Kier alpha value is -2.30. The Balaban J connectivity index is 2.12. The van der Waals surface area contributed by atoms with E-state index in [-0.39, 0.29) is 0 Å². The Bertz CT molecular complexity index is 638. The summed E-state index contributed by atoms with van der Waals surface area (Å²) in [5.74, 6) is 0.672.